The third-order valence-corrected chi connectivity index (χ3v) is 7.81. The highest BCUT2D eigenvalue weighted by molar-refractivity contribution is 7.89. The lowest BCUT2D eigenvalue weighted by molar-refractivity contribution is 0.0941. The number of benzene rings is 1. The Hall–Kier alpha value is -1.44. The number of nitrogens with zero attached hydrogens (tertiary/aromatic N) is 2. The Labute approximate surface area is 163 Å². The van der Waals surface area contributed by atoms with Gasteiger partial charge in [0.15, 0.2) is 0 Å². The standard InChI is InChI=1S/C20H31N3O3S/c1-3-22-12-4-5-18(22)15-21-20(24)17-6-8-19(9-7-17)27(25,26)23-13-10-16(2)11-14-23/h6-9,16,18H,3-5,10-15H2,1-2H3,(H,21,24)/t18-/m0/s1. The van der Waals surface area contributed by atoms with Crippen molar-refractivity contribution in [2.24, 2.45) is 5.92 Å². The van der Waals surface area contributed by atoms with Crippen LogP contribution in [-0.4, -0.2) is 62.3 Å². The van der Waals surface area contributed by atoms with E-state index in [1.54, 1.807) is 28.6 Å². The lowest BCUT2D eigenvalue weighted by Crippen LogP contribution is -2.40. The number of sulfonamides is 1. The summed E-state index contributed by atoms with van der Waals surface area (Å²) in [6.07, 6.45) is 4.08. The monoisotopic (exact) mass is 393 g/mol. The summed E-state index contributed by atoms with van der Waals surface area (Å²) >= 11 is 0. The molecule has 1 atom stereocenters. The highest BCUT2D eigenvalue weighted by Crippen LogP contribution is 2.23. The normalized spacial score (nSPS) is 22.8. The molecule has 1 amide bonds. The lowest BCUT2D eigenvalue weighted by Gasteiger charge is -2.29. The van der Waals surface area contributed by atoms with Gasteiger partial charge >= 0.3 is 0 Å². The second-order valence-corrected chi connectivity index (χ2v) is 9.68. The SMILES string of the molecule is CCN1CCC[C@H]1CNC(=O)c1ccc(S(=O)(=O)N2CCC(C)CC2)cc1. The largest absolute Gasteiger partial charge is 0.350 e. The number of hydrogen-bond acceptors (Lipinski definition) is 4. The number of nitrogens with one attached hydrogen (secondary N) is 1. The Morgan fingerprint density at radius 3 is 2.41 bits per heavy atom. The van der Waals surface area contributed by atoms with E-state index in [1.807, 2.05) is 0 Å². The van der Waals surface area contributed by atoms with Crippen molar-refractivity contribution in [3.05, 3.63) is 29.8 Å². The fourth-order valence-electron chi connectivity index (χ4n) is 4.01. The van der Waals surface area contributed by atoms with Gasteiger partial charge in [-0.1, -0.05) is 13.8 Å². The fraction of sp³-hybridized carbons (Fsp3) is 0.650. The predicted octanol–water partition coefficient (Wildman–Crippen LogP) is 2.32. The Balaban J connectivity index is 1.60. The van der Waals surface area contributed by atoms with Gasteiger partial charge in [0, 0.05) is 31.2 Å². The number of likely N-dealkylation sites (N-methyl/N-ethyl adjacent to an activating group) is 1. The summed E-state index contributed by atoms with van der Waals surface area (Å²) in [4.78, 5) is 15.1. The molecule has 2 saturated heterocycles. The van der Waals surface area contributed by atoms with Gasteiger partial charge in [-0.3, -0.25) is 9.69 Å². The van der Waals surface area contributed by atoms with Crippen LogP contribution in [0, 0.1) is 5.92 Å². The summed E-state index contributed by atoms with van der Waals surface area (Å²) in [5.74, 6) is 0.430. The van der Waals surface area contributed by atoms with Crippen molar-refractivity contribution in [2.75, 3.05) is 32.7 Å². The van der Waals surface area contributed by atoms with E-state index in [0.717, 1.165) is 32.4 Å². The zero-order chi connectivity index (χ0) is 19.4. The minimum atomic E-state index is -3.47. The van der Waals surface area contributed by atoms with E-state index in [2.05, 4.69) is 24.1 Å². The Morgan fingerprint density at radius 2 is 1.78 bits per heavy atom. The summed E-state index contributed by atoms with van der Waals surface area (Å²) in [6.45, 7) is 8.17. The Morgan fingerprint density at radius 1 is 1.11 bits per heavy atom. The molecule has 27 heavy (non-hydrogen) atoms. The van der Waals surface area contributed by atoms with Crippen molar-refractivity contribution in [1.82, 2.24) is 14.5 Å². The van der Waals surface area contributed by atoms with Gasteiger partial charge in [0.25, 0.3) is 5.91 Å². The molecule has 7 heteroatoms. The Kier molecular flexibility index (Phi) is 6.55. The van der Waals surface area contributed by atoms with Gasteiger partial charge in [-0.15, -0.1) is 0 Å². The zero-order valence-electron chi connectivity index (χ0n) is 16.4. The van der Waals surface area contributed by atoms with Crippen LogP contribution in [0.1, 0.15) is 49.9 Å². The summed E-state index contributed by atoms with van der Waals surface area (Å²) in [5, 5.41) is 2.99. The summed E-state index contributed by atoms with van der Waals surface area (Å²) in [5.41, 5.74) is 0.502. The van der Waals surface area contributed by atoms with Crippen molar-refractivity contribution >= 4 is 15.9 Å². The molecule has 0 unspecified atom stereocenters. The molecule has 0 bridgehead atoms. The number of hydrogen-bond donors (Lipinski definition) is 1. The highest BCUT2D eigenvalue weighted by Gasteiger charge is 2.28. The first-order valence-electron chi connectivity index (χ1n) is 10.0. The first-order chi connectivity index (χ1) is 12.9. The average Bonchev–Trinajstić information content (AvgIpc) is 3.14. The van der Waals surface area contributed by atoms with Crippen LogP contribution >= 0.6 is 0 Å². The van der Waals surface area contributed by atoms with Gasteiger partial charge in [0.2, 0.25) is 10.0 Å². The van der Waals surface area contributed by atoms with Crippen LogP contribution in [0.2, 0.25) is 0 Å². The van der Waals surface area contributed by atoms with Gasteiger partial charge in [0.05, 0.1) is 4.90 Å². The van der Waals surface area contributed by atoms with E-state index in [4.69, 9.17) is 0 Å². The van der Waals surface area contributed by atoms with Crippen LogP contribution in [0.4, 0.5) is 0 Å². The third kappa shape index (κ3) is 4.70. The number of carbonyl (C=O) groups excluding carboxylic acids is 1. The van der Waals surface area contributed by atoms with Crippen LogP contribution in [0.15, 0.2) is 29.2 Å². The van der Waals surface area contributed by atoms with E-state index < -0.39 is 10.0 Å². The molecule has 1 aromatic carbocycles. The maximum Gasteiger partial charge on any atom is 0.251 e. The molecule has 6 nitrogen and oxygen atoms in total. The van der Waals surface area contributed by atoms with Gasteiger partial charge in [-0.05, 0) is 69.0 Å². The first kappa shape index (κ1) is 20.3. The fourth-order valence-corrected chi connectivity index (χ4v) is 5.48. The topological polar surface area (TPSA) is 69.7 Å². The molecular weight excluding hydrogens is 362 g/mol. The Bertz CT molecular complexity index is 740. The number of amides is 1. The number of rotatable bonds is 6. The van der Waals surface area contributed by atoms with Crippen LogP contribution in [0.3, 0.4) is 0 Å². The first-order valence-corrected chi connectivity index (χ1v) is 11.5. The molecule has 0 saturated carbocycles. The third-order valence-electron chi connectivity index (χ3n) is 5.90. The van der Waals surface area contributed by atoms with E-state index >= 15 is 0 Å². The second kappa shape index (κ2) is 8.71. The lowest BCUT2D eigenvalue weighted by atomic mass is 10.0. The van der Waals surface area contributed by atoms with Crippen LogP contribution < -0.4 is 5.32 Å². The summed E-state index contributed by atoms with van der Waals surface area (Å²) in [6, 6.07) is 6.73. The molecular formula is C20H31N3O3S. The molecule has 1 aromatic rings. The van der Waals surface area contributed by atoms with Gasteiger partial charge in [0.1, 0.15) is 0 Å². The molecule has 3 rings (SSSR count). The van der Waals surface area contributed by atoms with Gasteiger partial charge in [-0.25, -0.2) is 8.42 Å². The maximum absolute atomic E-state index is 12.8. The second-order valence-electron chi connectivity index (χ2n) is 7.75. The number of piperidine rings is 1. The molecule has 2 aliphatic rings. The van der Waals surface area contributed by atoms with Crippen molar-refractivity contribution < 1.29 is 13.2 Å². The predicted molar refractivity (Wildman–Crippen MR) is 106 cm³/mol. The zero-order valence-corrected chi connectivity index (χ0v) is 17.2. The molecule has 150 valence electrons. The summed E-state index contributed by atoms with van der Waals surface area (Å²) < 4.78 is 27.1. The maximum atomic E-state index is 12.8. The number of carbonyl (C=O) groups is 1. The molecule has 1 N–H and O–H groups in total. The molecule has 2 heterocycles. The highest BCUT2D eigenvalue weighted by atomic mass is 32.2. The molecule has 0 radical (unpaired) electrons. The minimum Gasteiger partial charge on any atom is -0.350 e. The quantitative estimate of drug-likeness (QED) is 0.805. The van der Waals surface area contributed by atoms with E-state index in [1.165, 1.54) is 6.42 Å². The molecule has 0 spiro atoms. The minimum absolute atomic E-state index is 0.145. The van der Waals surface area contributed by atoms with Gasteiger partial charge in [-0.2, -0.15) is 4.31 Å². The molecule has 0 aliphatic carbocycles. The molecule has 2 aliphatic heterocycles. The van der Waals surface area contributed by atoms with E-state index in [9.17, 15) is 13.2 Å². The summed E-state index contributed by atoms with van der Waals surface area (Å²) in [7, 11) is -3.47. The van der Waals surface area contributed by atoms with Crippen LogP contribution in [0.5, 0.6) is 0 Å². The van der Waals surface area contributed by atoms with Crippen LogP contribution in [-0.2, 0) is 10.0 Å². The van der Waals surface area contributed by atoms with Crippen molar-refractivity contribution in [2.45, 2.75) is 50.5 Å². The van der Waals surface area contributed by atoms with E-state index in [-0.39, 0.29) is 10.8 Å². The van der Waals surface area contributed by atoms with Crippen LogP contribution in [0.25, 0.3) is 0 Å². The molecule has 0 aromatic heterocycles. The van der Waals surface area contributed by atoms with E-state index in [0.29, 0.717) is 37.2 Å². The molecule has 2 fully saturated rings. The van der Waals surface area contributed by atoms with Gasteiger partial charge < -0.3 is 5.32 Å². The van der Waals surface area contributed by atoms with Crippen molar-refractivity contribution in [1.29, 1.82) is 0 Å². The van der Waals surface area contributed by atoms with Crippen molar-refractivity contribution in [3.63, 3.8) is 0 Å². The smallest absolute Gasteiger partial charge is 0.251 e. The number of likely N-dealkylation sites (tertiary alicyclic amines) is 1. The average molecular weight is 394 g/mol. The van der Waals surface area contributed by atoms with Crippen molar-refractivity contribution in [3.8, 4) is 0 Å².